The van der Waals surface area contributed by atoms with Crippen LogP contribution in [0.25, 0.3) is 0 Å². The molecule has 5 nitrogen and oxygen atoms in total. The molecule has 142 valence electrons. The number of hydrogen-bond acceptors (Lipinski definition) is 3. The number of nitrogens with zero attached hydrogens (tertiary/aromatic N) is 2. The molecule has 0 bridgehead atoms. The first-order chi connectivity index (χ1) is 10.1. The number of anilines is 1. The molecule has 7 heteroatoms. The summed E-state index contributed by atoms with van der Waals surface area (Å²) in [5.41, 5.74) is 0.175. The van der Waals surface area contributed by atoms with E-state index in [-0.39, 0.29) is 50.8 Å². The Kier molecular flexibility index (Phi) is 12.1. The summed E-state index contributed by atoms with van der Waals surface area (Å²) in [5.74, 6) is 0.667. The van der Waals surface area contributed by atoms with Crippen molar-refractivity contribution in [3.8, 4) is 0 Å². The molecule has 0 aromatic carbocycles. The van der Waals surface area contributed by atoms with Gasteiger partial charge < -0.3 is 15.2 Å². The first kappa shape index (κ1) is 25.8. The van der Waals surface area contributed by atoms with E-state index in [1.54, 1.807) is 6.33 Å². The molecular weight excluding hydrogens is 436 g/mol. The normalized spacial score (nSPS) is 11.4. The number of carbonyl (C=O) groups is 1. The number of aromatic nitrogens is 2. The fourth-order valence-corrected chi connectivity index (χ4v) is 2.10. The molecule has 1 rings (SSSR count). The van der Waals surface area contributed by atoms with Crippen LogP contribution in [-0.2, 0) is 10.3 Å². The Bertz CT molecular complexity index is 481. The van der Waals surface area contributed by atoms with Crippen LogP contribution in [0.2, 0.25) is 0 Å². The molecule has 0 spiro atoms. The van der Waals surface area contributed by atoms with Crippen LogP contribution in [0.5, 0.6) is 0 Å². The average Bonchev–Trinajstić information content (AvgIpc) is 2.83. The van der Waals surface area contributed by atoms with E-state index in [0.717, 1.165) is 25.9 Å². The predicted molar refractivity (Wildman–Crippen MR) is 113 cm³/mol. The van der Waals surface area contributed by atoms with Crippen molar-refractivity contribution in [3.05, 3.63) is 12.5 Å². The number of imidazole rings is 1. The van der Waals surface area contributed by atoms with Crippen molar-refractivity contribution in [1.29, 1.82) is 0 Å². The van der Waals surface area contributed by atoms with Crippen LogP contribution in [0.1, 0.15) is 60.8 Å². The molecule has 0 fully saturated rings. The Balaban J connectivity index is 0. The van der Waals surface area contributed by atoms with E-state index >= 15 is 0 Å². The van der Waals surface area contributed by atoms with E-state index in [1.807, 2.05) is 6.20 Å². The highest BCUT2D eigenvalue weighted by Crippen LogP contribution is 2.18. The van der Waals surface area contributed by atoms with Gasteiger partial charge in [0, 0.05) is 25.7 Å². The molecule has 0 unspecified atom stereocenters. The summed E-state index contributed by atoms with van der Waals surface area (Å²) in [6, 6.07) is 0. The van der Waals surface area contributed by atoms with E-state index in [0.29, 0.717) is 12.2 Å². The van der Waals surface area contributed by atoms with Gasteiger partial charge in [-0.05, 0) is 25.7 Å². The molecule has 1 heterocycles. The third-order valence-electron chi connectivity index (χ3n) is 3.52. The van der Waals surface area contributed by atoms with Gasteiger partial charge in [-0.3, -0.25) is 4.79 Å². The fourth-order valence-electron chi connectivity index (χ4n) is 2.10. The Morgan fingerprint density at radius 3 is 2.33 bits per heavy atom. The third-order valence-corrected chi connectivity index (χ3v) is 3.52. The molecular formula is C17H34Br2N4O. The summed E-state index contributed by atoms with van der Waals surface area (Å²) in [4.78, 5) is 16.0. The van der Waals surface area contributed by atoms with Crippen LogP contribution in [0, 0.1) is 5.41 Å². The van der Waals surface area contributed by atoms with E-state index in [1.165, 1.54) is 0 Å². The number of halogens is 2. The molecule has 1 amide bonds. The third kappa shape index (κ3) is 9.79. The Morgan fingerprint density at radius 1 is 1.17 bits per heavy atom. The van der Waals surface area contributed by atoms with Crippen LogP contribution in [-0.4, -0.2) is 28.5 Å². The van der Waals surface area contributed by atoms with Gasteiger partial charge in [0.25, 0.3) is 0 Å². The summed E-state index contributed by atoms with van der Waals surface area (Å²) >= 11 is 0. The smallest absolute Gasteiger partial charge is 0.225 e. The molecule has 1 aromatic heterocycles. The number of carbonyl (C=O) groups excluding carboxylic acids is 1. The lowest BCUT2D eigenvalue weighted by molar-refractivity contribution is -0.116. The average molecular weight is 470 g/mol. The van der Waals surface area contributed by atoms with Crippen molar-refractivity contribution >= 4 is 45.7 Å². The highest BCUT2D eigenvalue weighted by Gasteiger charge is 2.21. The molecule has 0 atom stereocenters. The second-order valence-corrected chi connectivity index (χ2v) is 7.79. The van der Waals surface area contributed by atoms with Gasteiger partial charge in [0.1, 0.15) is 0 Å². The number of amides is 1. The van der Waals surface area contributed by atoms with Crippen molar-refractivity contribution in [2.75, 3.05) is 18.4 Å². The van der Waals surface area contributed by atoms with Gasteiger partial charge in [0.15, 0.2) is 5.82 Å². The Labute approximate surface area is 167 Å². The minimum absolute atomic E-state index is 0. The summed E-state index contributed by atoms with van der Waals surface area (Å²) in [7, 11) is 0. The standard InChI is InChI=1S/C17H32N4O.2BrH/c1-7-8-9-15(22)20-14-10-21(13-19-14)17(5,6)12-18-11-16(2,3)4;;/h10,13,18H,7-9,11-12H2,1-6H3,(H,20,22);2*1H. The fraction of sp³-hybridized carbons (Fsp3) is 0.765. The van der Waals surface area contributed by atoms with Gasteiger partial charge in [-0.1, -0.05) is 34.1 Å². The molecule has 2 N–H and O–H groups in total. The molecule has 24 heavy (non-hydrogen) atoms. The highest BCUT2D eigenvalue weighted by molar-refractivity contribution is 8.93. The van der Waals surface area contributed by atoms with Crippen molar-refractivity contribution in [1.82, 2.24) is 14.9 Å². The van der Waals surface area contributed by atoms with Crippen LogP contribution < -0.4 is 10.6 Å². The number of rotatable bonds is 8. The SMILES string of the molecule is Br.Br.CCCCC(=O)Nc1cn(C(C)(C)CNCC(C)(C)C)cn1. The topological polar surface area (TPSA) is 59.0 Å². The zero-order chi connectivity index (χ0) is 16.8. The largest absolute Gasteiger partial charge is 0.328 e. The minimum atomic E-state index is -0.0926. The molecule has 0 aliphatic carbocycles. The van der Waals surface area contributed by atoms with Gasteiger partial charge in [-0.15, -0.1) is 34.0 Å². The van der Waals surface area contributed by atoms with Gasteiger partial charge in [-0.25, -0.2) is 4.98 Å². The molecule has 0 radical (unpaired) electrons. The lowest BCUT2D eigenvalue weighted by atomic mass is 9.96. The second kappa shape index (κ2) is 11.3. The first-order valence-electron chi connectivity index (χ1n) is 8.19. The number of hydrogen-bond donors (Lipinski definition) is 2. The summed E-state index contributed by atoms with van der Waals surface area (Å²) in [5, 5.41) is 6.36. The number of unbranched alkanes of at least 4 members (excludes halogenated alkanes) is 1. The van der Waals surface area contributed by atoms with Crippen molar-refractivity contribution < 1.29 is 4.79 Å². The zero-order valence-corrected chi connectivity index (χ0v) is 19.2. The monoisotopic (exact) mass is 468 g/mol. The molecule has 0 saturated carbocycles. The summed E-state index contributed by atoms with van der Waals surface area (Å²) < 4.78 is 2.05. The molecule has 0 aliphatic rings. The van der Waals surface area contributed by atoms with Crippen molar-refractivity contribution in [2.45, 2.75) is 66.3 Å². The van der Waals surface area contributed by atoms with Crippen LogP contribution in [0.4, 0.5) is 5.82 Å². The van der Waals surface area contributed by atoms with E-state index in [4.69, 9.17) is 0 Å². The van der Waals surface area contributed by atoms with Crippen molar-refractivity contribution in [3.63, 3.8) is 0 Å². The minimum Gasteiger partial charge on any atom is -0.328 e. The maximum absolute atomic E-state index is 11.7. The lowest BCUT2D eigenvalue weighted by Crippen LogP contribution is -2.40. The van der Waals surface area contributed by atoms with E-state index < -0.39 is 0 Å². The van der Waals surface area contributed by atoms with Crippen LogP contribution in [0.3, 0.4) is 0 Å². The second-order valence-electron chi connectivity index (χ2n) is 7.79. The molecule has 0 aliphatic heterocycles. The summed E-state index contributed by atoms with van der Waals surface area (Å²) in [6.45, 7) is 14.9. The van der Waals surface area contributed by atoms with Crippen LogP contribution in [0.15, 0.2) is 12.5 Å². The number of nitrogens with one attached hydrogen (secondary N) is 2. The zero-order valence-electron chi connectivity index (χ0n) is 15.8. The summed E-state index contributed by atoms with van der Waals surface area (Å²) in [6.07, 6.45) is 6.18. The van der Waals surface area contributed by atoms with Gasteiger partial charge in [0.05, 0.1) is 11.9 Å². The van der Waals surface area contributed by atoms with E-state index in [9.17, 15) is 4.79 Å². The predicted octanol–water partition coefficient (Wildman–Crippen LogP) is 4.54. The maximum atomic E-state index is 11.7. The van der Waals surface area contributed by atoms with Gasteiger partial charge >= 0.3 is 0 Å². The first-order valence-corrected chi connectivity index (χ1v) is 8.19. The maximum Gasteiger partial charge on any atom is 0.225 e. The Morgan fingerprint density at radius 2 is 1.79 bits per heavy atom. The van der Waals surface area contributed by atoms with E-state index in [2.05, 4.69) is 61.7 Å². The Hall–Kier alpha value is -0.400. The molecule has 0 saturated heterocycles. The molecule has 1 aromatic rings. The quantitative estimate of drug-likeness (QED) is 0.587. The lowest BCUT2D eigenvalue weighted by Gasteiger charge is -2.29. The highest BCUT2D eigenvalue weighted by atomic mass is 79.9. The van der Waals surface area contributed by atoms with Crippen molar-refractivity contribution in [2.24, 2.45) is 5.41 Å². The van der Waals surface area contributed by atoms with Gasteiger partial charge in [-0.2, -0.15) is 0 Å². The van der Waals surface area contributed by atoms with Gasteiger partial charge in [0.2, 0.25) is 5.91 Å². The van der Waals surface area contributed by atoms with Crippen LogP contribution >= 0.6 is 34.0 Å².